The lowest BCUT2D eigenvalue weighted by atomic mass is 10.1. The van der Waals surface area contributed by atoms with Gasteiger partial charge < -0.3 is 14.6 Å². The number of morpholine rings is 1. The van der Waals surface area contributed by atoms with Gasteiger partial charge in [0.05, 0.1) is 13.2 Å². The van der Waals surface area contributed by atoms with Gasteiger partial charge in [0.2, 0.25) is 0 Å². The molecule has 2 aromatic rings. The molecular formula is C15H16N2O3S. The number of carbonyl (C=O) groups excluding carboxylic acids is 1. The molecule has 1 aliphatic heterocycles. The molecular weight excluding hydrogens is 288 g/mol. The Morgan fingerprint density at radius 1 is 1.48 bits per heavy atom. The van der Waals surface area contributed by atoms with Crippen LogP contribution in [0.2, 0.25) is 0 Å². The highest BCUT2D eigenvalue weighted by Crippen LogP contribution is 2.26. The molecule has 0 aromatic carbocycles. The summed E-state index contributed by atoms with van der Waals surface area (Å²) in [5, 5.41) is 1.99. The van der Waals surface area contributed by atoms with Crippen LogP contribution in [0.5, 0.6) is 0 Å². The van der Waals surface area contributed by atoms with Gasteiger partial charge in [-0.15, -0.1) is 11.3 Å². The number of hydrogen-bond acceptors (Lipinski definition) is 4. The second-order valence-electron chi connectivity index (χ2n) is 5.01. The molecule has 1 N–H and O–H groups in total. The number of pyridine rings is 1. The number of amides is 1. The number of thiophene rings is 1. The summed E-state index contributed by atoms with van der Waals surface area (Å²) in [6.07, 6.45) is 2.98. The average Bonchev–Trinajstić information content (AvgIpc) is 3.04. The molecule has 1 atom stereocenters. The standard InChI is InChI=1S/C15H16N2O3S/c1-10-7-16-8-11(14(10)18)15(19)17-4-5-20-12(9-17)13-3-2-6-21-13/h2-3,6-8,12H,4-5,9H2,1H3,(H,16,18). The van der Waals surface area contributed by atoms with Crippen molar-refractivity contribution < 1.29 is 9.53 Å². The molecule has 1 saturated heterocycles. The first-order valence-corrected chi connectivity index (χ1v) is 7.67. The summed E-state index contributed by atoms with van der Waals surface area (Å²) in [6, 6.07) is 3.97. The second-order valence-corrected chi connectivity index (χ2v) is 5.99. The van der Waals surface area contributed by atoms with Gasteiger partial charge in [-0.3, -0.25) is 9.59 Å². The Bertz CT molecular complexity index is 693. The lowest BCUT2D eigenvalue weighted by molar-refractivity contribution is -0.0212. The van der Waals surface area contributed by atoms with E-state index in [1.165, 1.54) is 6.20 Å². The van der Waals surface area contributed by atoms with Gasteiger partial charge in [0, 0.05) is 29.4 Å². The SMILES string of the molecule is Cc1c[nH]cc(C(=O)N2CCOC(c3cccs3)C2)c1=O. The summed E-state index contributed by atoms with van der Waals surface area (Å²) in [6.45, 7) is 3.17. The van der Waals surface area contributed by atoms with Gasteiger partial charge in [-0.25, -0.2) is 0 Å². The minimum atomic E-state index is -0.232. The number of H-pyrrole nitrogens is 1. The van der Waals surface area contributed by atoms with E-state index < -0.39 is 0 Å². The summed E-state index contributed by atoms with van der Waals surface area (Å²) in [5.74, 6) is -0.232. The third-order valence-electron chi connectivity index (χ3n) is 3.57. The molecule has 0 saturated carbocycles. The first kappa shape index (κ1) is 14.0. The van der Waals surface area contributed by atoms with E-state index in [1.807, 2.05) is 17.5 Å². The van der Waals surface area contributed by atoms with E-state index in [2.05, 4.69) is 4.98 Å². The summed E-state index contributed by atoms with van der Waals surface area (Å²) >= 11 is 1.61. The normalized spacial score (nSPS) is 18.7. The lowest BCUT2D eigenvalue weighted by Gasteiger charge is -2.32. The zero-order valence-electron chi connectivity index (χ0n) is 11.7. The van der Waals surface area contributed by atoms with E-state index in [0.717, 1.165) is 4.88 Å². The maximum absolute atomic E-state index is 12.5. The third kappa shape index (κ3) is 2.77. The van der Waals surface area contributed by atoms with E-state index in [0.29, 0.717) is 25.3 Å². The lowest BCUT2D eigenvalue weighted by Crippen LogP contribution is -2.43. The van der Waals surface area contributed by atoms with Crippen LogP contribution in [-0.4, -0.2) is 35.5 Å². The van der Waals surface area contributed by atoms with Gasteiger partial charge in [0.1, 0.15) is 11.7 Å². The van der Waals surface area contributed by atoms with Crippen LogP contribution in [0.4, 0.5) is 0 Å². The minimum Gasteiger partial charge on any atom is -0.369 e. The van der Waals surface area contributed by atoms with Crippen LogP contribution in [0.15, 0.2) is 34.7 Å². The Balaban J connectivity index is 1.81. The minimum absolute atomic E-state index is 0.105. The Kier molecular flexibility index (Phi) is 3.90. The zero-order valence-corrected chi connectivity index (χ0v) is 12.5. The predicted molar refractivity (Wildman–Crippen MR) is 80.7 cm³/mol. The van der Waals surface area contributed by atoms with Crippen LogP contribution in [0.25, 0.3) is 0 Å². The number of aromatic amines is 1. The van der Waals surface area contributed by atoms with Crippen LogP contribution in [0, 0.1) is 6.92 Å². The van der Waals surface area contributed by atoms with Crippen LogP contribution in [0.1, 0.15) is 26.9 Å². The molecule has 0 bridgehead atoms. The maximum Gasteiger partial charge on any atom is 0.259 e. The fourth-order valence-electron chi connectivity index (χ4n) is 2.40. The van der Waals surface area contributed by atoms with Crippen molar-refractivity contribution in [2.45, 2.75) is 13.0 Å². The molecule has 0 spiro atoms. The highest BCUT2D eigenvalue weighted by molar-refractivity contribution is 7.10. The van der Waals surface area contributed by atoms with Crippen molar-refractivity contribution in [2.24, 2.45) is 0 Å². The highest BCUT2D eigenvalue weighted by atomic mass is 32.1. The van der Waals surface area contributed by atoms with Crippen molar-refractivity contribution in [3.05, 3.63) is 56.1 Å². The zero-order chi connectivity index (χ0) is 14.8. The van der Waals surface area contributed by atoms with Gasteiger partial charge in [-0.1, -0.05) is 6.07 Å². The molecule has 3 rings (SSSR count). The summed E-state index contributed by atoms with van der Waals surface area (Å²) in [5.41, 5.74) is 0.531. The molecule has 3 heterocycles. The molecule has 0 aliphatic carbocycles. The summed E-state index contributed by atoms with van der Waals surface area (Å²) < 4.78 is 5.72. The number of aromatic nitrogens is 1. The van der Waals surface area contributed by atoms with E-state index in [9.17, 15) is 9.59 Å². The topological polar surface area (TPSA) is 62.4 Å². The van der Waals surface area contributed by atoms with E-state index in [1.54, 1.807) is 29.4 Å². The second kappa shape index (κ2) is 5.83. The summed E-state index contributed by atoms with van der Waals surface area (Å²) in [7, 11) is 0. The molecule has 1 amide bonds. The van der Waals surface area contributed by atoms with Crippen LogP contribution in [0.3, 0.4) is 0 Å². The highest BCUT2D eigenvalue weighted by Gasteiger charge is 2.27. The first-order valence-electron chi connectivity index (χ1n) is 6.79. The largest absolute Gasteiger partial charge is 0.369 e. The molecule has 110 valence electrons. The molecule has 0 radical (unpaired) electrons. The number of ether oxygens (including phenoxy) is 1. The van der Waals surface area contributed by atoms with Gasteiger partial charge >= 0.3 is 0 Å². The number of aryl methyl sites for hydroxylation is 1. The molecule has 2 aromatic heterocycles. The Morgan fingerprint density at radius 2 is 2.33 bits per heavy atom. The van der Waals surface area contributed by atoms with Crippen molar-refractivity contribution in [1.29, 1.82) is 0 Å². The third-order valence-corrected chi connectivity index (χ3v) is 4.54. The number of hydrogen-bond donors (Lipinski definition) is 1. The van der Waals surface area contributed by atoms with Gasteiger partial charge in [-0.05, 0) is 18.4 Å². The number of carbonyl (C=O) groups is 1. The van der Waals surface area contributed by atoms with E-state index in [4.69, 9.17) is 4.74 Å². The summed E-state index contributed by atoms with van der Waals surface area (Å²) in [4.78, 5) is 30.3. The quantitative estimate of drug-likeness (QED) is 0.922. The predicted octanol–water partition coefficient (Wildman–Crippen LogP) is 1.96. The average molecular weight is 304 g/mol. The molecule has 21 heavy (non-hydrogen) atoms. The van der Waals surface area contributed by atoms with Gasteiger partial charge in [0.25, 0.3) is 5.91 Å². The molecule has 6 heteroatoms. The van der Waals surface area contributed by atoms with Crippen molar-refractivity contribution in [3.63, 3.8) is 0 Å². The van der Waals surface area contributed by atoms with Crippen molar-refractivity contribution >= 4 is 17.2 Å². The van der Waals surface area contributed by atoms with Gasteiger partial charge in [-0.2, -0.15) is 0 Å². The molecule has 1 unspecified atom stereocenters. The van der Waals surface area contributed by atoms with Crippen LogP contribution < -0.4 is 5.43 Å². The molecule has 1 aliphatic rings. The van der Waals surface area contributed by atoms with Crippen molar-refractivity contribution in [2.75, 3.05) is 19.7 Å². The molecule has 5 nitrogen and oxygen atoms in total. The number of nitrogens with one attached hydrogen (secondary N) is 1. The maximum atomic E-state index is 12.5. The van der Waals surface area contributed by atoms with Crippen molar-refractivity contribution in [1.82, 2.24) is 9.88 Å². The fraction of sp³-hybridized carbons (Fsp3) is 0.333. The van der Waals surface area contributed by atoms with Crippen LogP contribution >= 0.6 is 11.3 Å². The monoisotopic (exact) mass is 304 g/mol. The van der Waals surface area contributed by atoms with Gasteiger partial charge in [0.15, 0.2) is 5.43 Å². The van der Waals surface area contributed by atoms with Crippen molar-refractivity contribution in [3.8, 4) is 0 Å². The Morgan fingerprint density at radius 3 is 3.10 bits per heavy atom. The smallest absolute Gasteiger partial charge is 0.259 e. The first-order chi connectivity index (χ1) is 10.2. The van der Waals surface area contributed by atoms with Crippen LogP contribution in [-0.2, 0) is 4.74 Å². The number of rotatable bonds is 2. The fourth-order valence-corrected chi connectivity index (χ4v) is 3.17. The molecule has 1 fully saturated rings. The van der Waals surface area contributed by atoms with E-state index >= 15 is 0 Å². The Labute approximate surface area is 126 Å². The van der Waals surface area contributed by atoms with E-state index in [-0.39, 0.29) is 23.0 Å². The Hall–Kier alpha value is -1.92. The number of nitrogens with zero attached hydrogens (tertiary/aromatic N) is 1.